The van der Waals surface area contributed by atoms with E-state index in [1.165, 1.54) is 5.56 Å². The summed E-state index contributed by atoms with van der Waals surface area (Å²) in [6, 6.07) is 8.47. The zero-order valence-corrected chi connectivity index (χ0v) is 9.20. The van der Waals surface area contributed by atoms with E-state index in [9.17, 15) is 0 Å². The van der Waals surface area contributed by atoms with E-state index in [0.717, 1.165) is 38.1 Å². The van der Waals surface area contributed by atoms with Crippen LogP contribution in [0.1, 0.15) is 18.4 Å². The minimum Gasteiger partial charge on any atom is -0.487 e. The normalized spacial score (nSPS) is 23.8. The van der Waals surface area contributed by atoms with Crippen molar-refractivity contribution in [3.05, 3.63) is 29.8 Å². The first-order chi connectivity index (χ1) is 7.27. The SMILES string of the molecule is CN1CCC2(CC1)Cc1ccccc1O2. The van der Waals surface area contributed by atoms with Crippen LogP contribution in [-0.4, -0.2) is 30.6 Å². The lowest BCUT2D eigenvalue weighted by Gasteiger charge is -2.37. The van der Waals surface area contributed by atoms with Crippen molar-refractivity contribution in [3.63, 3.8) is 0 Å². The average molecular weight is 203 g/mol. The fourth-order valence-corrected chi connectivity index (χ4v) is 2.67. The second-order valence-corrected chi connectivity index (χ2v) is 4.87. The minimum absolute atomic E-state index is 0.121. The zero-order valence-electron chi connectivity index (χ0n) is 9.20. The molecule has 0 atom stereocenters. The van der Waals surface area contributed by atoms with Gasteiger partial charge in [0.15, 0.2) is 0 Å². The molecule has 0 bridgehead atoms. The molecule has 3 rings (SSSR count). The van der Waals surface area contributed by atoms with Crippen molar-refractivity contribution >= 4 is 0 Å². The summed E-state index contributed by atoms with van der Waals surface area (Å²) in [5.74, 6) is 1.11. The molecule has 0 amide bonds. The summed E-state index contributed by atoms with van der Waals surface area (Å²) >= 11 is 0. The first kappa shape index (κ1) is 9.22. The fraction of sp³-hybridized carbons (Fsp3) is 0.538. The molecule has 0 N–H and O–H groups in total. The molecule has 1 aromatic rings. The fourth-order valence-electron chi connectivity index (χ4n) is 2.67. The van der Waals surface area contributed by atoms with Crippen LogP contribution in [0.4, 0.5) is 0 Å². The van der Waals surface area contributed by atoms with Crippen LogP contribution in [-0.2, 0) is 6.42 Å². The lowest BCUT2D eigenvalue weighted by atomic mass is 9.87. The van der Waals surface area contributed by atoms with Gasteiger partial charge in [-0.15, -0.1) is 0 Å². The van der Waals surface area contributed by atoms with Crippen molar-refractivity contribution in [2.45, 2.75) is 24.9 Å². The minimum atomic E-state index is 0.121. The quantitative estimate of drug-likeness (QED) is 0.640. The van der Waals surface area contributed by atoms with Crippen LogP contribution in [0.5, 0.6) is 5.75 Å². The van der Waals surface area contributed by atoms with E-state index in [-0.39, 0.29) is 5.60 Å². The van der Waals surface area contributed by atoms with Gasteiger partial charge in [0, 0.05) is 32.4 Å². The van der Waals surface area contributed by atoms with Crippen LogP contribution in [0.25, 0.3) is 0 Å². The monoisotopic (exact) mass is 203 g/mol. The van der Waals surface area contributed by atoms with Gasteiger partial charge in [-0.1, -0.05) is 18.2 Å². The van der Waals surface area contributed by atoms with Gasteiger partial charge in [0.1, 0.15) is 11.4 Å². The van der Waals surface area contributed by atoms with Gasteiger partial charge in [0.05, 0.1) is 0 Å². The van der Waals surface area contributed by atoms with E-state index >= 15 is 0 Å². The highest BCUT2D eigenvalue weighted by molar-refractivity contribution is 5.39. The zero-order chi connectivity index (χ0) is 10.3. The van der Waals surface area contributed by atoms with Crippen molar-refractivity contribution in [2.75, 3.05) is 20.1 Å². The number of hydrogen-bond donors (Lipinski definition) is 0. The van der Waals surface area contributed by atoms with E-state index in [0.29, 0.717) is 0 Å². The average Bonchev–Trinajstić information content (AvgIpc) is 2.61. The van der Waals surface area contributed by atoms with Crippen molar-refractivity contribution < 1.29 is 4.74 Å². The van der Waals surface area contributed by atoms with Gasteiger partial charge < -0.3 is 9.64 Å². The summed E-state index contributed by atoms with van der Waals surface area (Å²) in [5.41, 5.74) is 1.51. The van der Waals surface area contributed by atoms with Gasteiger partial charge in [0.25, 0.3) is 0 Å². The molecule has 0 aromatic heterocycles. The molecule has 2 aliphatic heterocycles. The van der Waals surface area contributed by atoms with E-state index in [4.69, 9.17) is 4.74 Å². The Balaban J connectivity index is 1.83. The summed E-state index contributed by atoms with van der Waals surface area (Å²) in [7, 11) is 2.19. The number of nitrogens with zero attached hydrogens (tertiary/aromatic N) is 1. The van der Waals surface area contributed by atoms with Crippen molar-refractivity contribution in [1.82, 2.24) is 4.90 Å². The summed E-state index contributed by atoms with van der Waals surface area (Å²) in [6.45, 7) is 2.32. The number of likely N-dealkylation sites (tertiary alicyclic amines) is 1. The Morgan fingerprint density at radius 3 is 2.67 bits per heavy atom. The molecule has 1 saturated heterocycles. The highest BCUT2D eigenvalue weighted by atomic mass is 16.5. The molecule has 1 fully saturated rings. The molecule has 0 radical (unpaired) electrons. The second kappa shape index (κ2) is 3.24. The second-order valence-electron chi connectivity index (χ2n) is 4.87. The number of benzene rings is 1. The van der Waals surface area contributed by atoms with Crippen LogP contribution in [0.3, 0.4) is 0 Å². The highest BCUT2D eigenvalue weighted by Gasteiger charge is 2.40. The molecular weight excluding hydrogens is 186 g/mol. The molecule has 1 spiro atoms. The smallest absolute Gasteiger partial charge is 0.123 e. The molecule has 2 aliphatic rings. The van der Waals surface area contributed by atoms with Gasteiger partial charge >= 0.3 is 0 Å². The molecule has 0 saturated carbocycles. The number of piperidine rings is 1. The van der Waals surface area contributed by atoms with E-state index in [2.05, 4.69) is 36.2 Å². The third kappa shape index (κ3) is 1.53. The first-order valence-electron chi connectivity index (χ1n) is 5.73. The maximum atomic E-state index is 6.16. The van der Waals surface area contributed by atoms with Crippen LogP contribution in [0, 0.1) is 0 Å². The van der Waals surface area contributed by atoms with Crippen molar-refractivity contribution in [3.8, 4) is 5.75 Å². The number of hydrogen-bond acceptors (Lipinski definition) is 2. The Morgan fingerprint density at radius 2 is 1.93 bits per heavy atom. The summed E-state index contributed by atoms with van der Waals surface area (Å²) in [4.78, 5) is 2.39. The van der Waals surface area contributed by atoms with E-state index < -0.39 is 0 Å². The molecular formula is C13H17NO. The number of para-hydroxylation sites is 1. The Labute approximate surface area is 90.8 Å². The predicted molar refractivity (Wildman–Crippen MR) is 60.2 cm³/mol. The van der Waals surface area contributed by atoms with Gasteiger partial charge in [-0.3, -0.25) is 0 Å². The van der Waals surface area contributed by atoms with Gasteiger partial charge in [-0.25, -0.2) is 0 Å². The van der Waals surface area contributed by atoms with Crippen LogP contribution in [0.15, 0.2) is 24.3 Å². The predicted octanol–water partition coefficient (Wildman–Crippen LogP) is 2.09. The van der Waals surface area contributed by atoms with Gasteiger partial charge in [-0.2, -0.15) is 0 Å². The molecule has 80 valence electrons. The summed E-state index contributed by atoms with van der Waals surface area (Å²) in [6.07, 6.45) is 3.44. The van der Waals surface area contributed by atoms with E-state index in [1.54, 1.807) is 0 Å². The van der Waals surface area contributed by atoms with Crippen LogP contribution < -0.4 is 4.74 Å². The molecule has 2 heteroatoms. The Bertz CT molecular complexity index is 340. The first-order valence-corrected chi connectivity index (χ1v) is 5.73. The molecule has 0 unspecified atom stereocenters. The third-order valence-corrected chi connectivity index (χ3v) is 3.71. The number of ether oxygens (including phenoxy) is 1. The standard InChI is InChI=1S/C13H17NO/c1-14-8-6-13(7-9-14)10-11-4-2-3-5-12(11)15-13/h2-5H,6-10H2,1H3. The molecule has 0 aliphatic carbocycles. The summed E-state index contributed by atoms with van der Waals surface area (Å²) < 4.78 is 6.16. The molecule has 1 aromatic carbocycles. The third-order valence-electron chi connectivity index (χ3n) is 3.71. The topological polar surface area (TPSA) is 12.5 Å². The largest absolute Gasteiger partial charge is 0.487 e. The number of fused-ring (bicyclic) bond motifs is 1. The Kier molecular flexibility index (Phi) is 1.99. The van der Waals surface area contributed by atoms with Crippen molar-refractivity contribution in [2.24, 2.45) is 0 Å². The lowest BCUT2D eigenvalue weighted by Crippen LogP contribution is -2.45. The molecule has 2 heterocycles. The van der Waals surface area contributed by atoms with Crippen molar-refractivity contribution in [1.29, 1.82) is 0 Å². The number of rotatable bonds is 0. The Morgan fingerprint density at radius 1 is 1.20 bits per heavy atom. The van der Waals surface area contributed by atoms with Crippen LogP contribution in [0.2, 0.25) is 0 Å². The Hall–Kier alpha value is -1.02. The van der Waals surface area contributed by atoms with Crippen LogP contribution >= 0.6 is 0 Å². The summed E-state index contributed by atoms with van der Waals surface area (Å²) in [5, 5.41) is 0. The molecule has 2 nitrogen and oxygen atoms in total. The molecule has 15 heavy (non-hydrogen) atoms. The highest BCUT2D eigenvalue weighted by Crippen LogP contribution is 2.40. The van der Waals surface area contributed by atoms with E-state index in [1.807, 2.05) is 0 Å². The van der Waals surface area contributed by atoms with Gasteiger partial charge in [-0.05, 0) is 18.7 Å². The maximum Gasteiger partial charge on any atom is 0.123 e. The lowest BCUT2D eigenvalue weighted by molar-refractivity contribution is 0.0271. The van der Waals surface area contributed by atoms with Gasteiger partial charge in [0.2, 0.25) is 0 Å². The maximum absolute atomic E-state index is 6.16.